The third-order valence-corrected chi connectivity index (χ3v) is 5.39. The SMILES string of the molecule is O=C(CSCCc1nn[nH]n1)N1CCCC2(CC1)CC2. The van der Waals surface area contributed by atoms with Crippen molar-refractivity contribution in [3.8, 4) is 0 Å². The molecule has 0 aromatic carbocycles. The number of hydrogen-bond donors (Lipinski definition) is 1. The lowest BCUT2D eigenvalue weighted by molar-refractivity contribution is -0.128. The van der Waals surface area contributed by atoms with Crippen molar-refractivity contribution in [1.29, 1.82) is 0 Å². The number of tetrazole rings is 1. The van der Waals surface area contributed by atoms with Gasteiger partial charge in [0.15, 0.2) is 5.82 Å². The van der Waals surface area contributed by atoms with Gasteiger partial charge in [-0.2, -0.15) is 17.0 Å². The van der Waals surface area contributed by atoms with Crippen molar-refractivity contribution < 1.29 is 4.79 Å². The van der Waals surface area contributed by atoms with Crippen molar-refractivity contribution in [2.75, 3.05) is 24.6 Å². The van der Waals surface area contributed by atoms with Crippen LogP contribution in [0.15, 0.2) is 0 Å². The maximum atomic E-state index is 12.2. The van der Waals surface area contributed by atoms with E-state index in [-0.39, 0.29) is 0 Å². The minimum Gasteiger partial charge on any atom is -0.342 e. The third-order valence-electron chi connectivity index (χ3n) is 4.44. The van der Waals surface area contributed by atoms with E-state index in [1.165, 1.54) is 32.1 Å². The zero-order valence-electron chi connectivity index (χ0n) is 11.7. The number of carbonyl (C=O) groups is 1. The minimum atomic E-state index is 0.292. The summed E-state index contributed by atoms with van der Waals surface area (Å²) in [5, 5.41) is 13.8. The van der Waals surface area contributed by atoms with Crippen LogP contribution in [0.5, 0.6) is 0 Å². The second-order valence-corrected chi connectivity index (χ2v) is 6.97. The summed E-state index contributed by atoms with van der Waals surface area (Å²) in [5.41, 5.74) is 0.626. The van der Waals surface area contributed by atoms with E-state index >= 15 is 0 Å². The van der Waals surface area contributed by atoms with Gasteiger partial charge >= 0.3 is 0 Å². The second-order valence-electron chi connectivity index (χ2n) is 5.86. The molecule has 1 aliphatic heterocycles. The van der Waals surface area contributed by atoms with Crippen LogP contribution in [0.3, 0.4) is 0 Å². The molecule has 1 spiro atoms. The Labute approximate surface area is 123 Å². The van der Waals surface area contributed by atoms with E-state index in [9.17, 15) is 4.79 Å². The Morgan fingerprint density at radius 1 is 1.30 bits per heavy atom. The van der Waals surface area contributed by atoms with Crippen LogP contribution in [-0.4, -0.2) is 56.0 Å². The van der Waals surface area contributed by atoms with Gasteiger partial charge in [0.2, 0.25) is 5.91 Å². The van der Waals surface area contributed by atoms with Crippen LogP contribution in [0.25, 0.3) is 0 Å². The fourth-order valence-electron chi connectivity index (χ4n) is 2.88. The van der Waals surface area contributed by atoms with Crippen LogP contribution < -0.4 is 0 Å². The lowest BCUT2D eigenvalue weighted by atomic mass is 9.98. The molecule has 110 valence electrons. The van der Waals surface area contributed by atoms with Crippen LogP contribution in [0.2, 0.25) is 0 Å². The molecule has 1 amide bonds. The van der Waals surface area contributed by atoms with E-state index in [2.05, 4.69) is 25.5 Å². The summed E-state index contributed by atoms with van der Waals surface area (Å²) in [6.07, 6.45) is 7.24. The molecule has 0 bridgehead atoms. The highest BCUT2D eigenvalue weighted by molar-refractivity contribution is 7.99. The number of aromatic nitrogens is 4. The highest BCUT2D eigenvalue weighted by Gasteiger charge is 2.43. The molecule has 0 unspecified atom stereocenters. The quantitative estimate of drug-likeness (QED) is 0.828. The lowest BCUT2D eigenvalue weighted by Crippen LogP contribution is -2.33. The summed E-state index contributed by atoms with van der Waals surface area (Å²) in [7, 11) is 0. The number of rotatable bonds is 5. The summed E-state index contributed by atoms with van der Waals surface area (Å²) in [6, 6.07) is 0. The predicted molar refractivity (Wildman–Crippen MR) is 77.3 cm³/mol. The van der Waals surface area contributed by atoms with Gasteiger partial charge < -0.3 is 4.90 Å². The highest BCUT2D eigenvalue weighted by atomic mass is 32.2. The van der Waals surface area contributed by atoms with Crippen molar-refractivity contribution in [3.63, 3.8) is 0 Å². The fraction of sp³-hybridized carbons (Fsp3) is 0.846. The van der Waals surface area contributed by atoms with Crippen molar-refractivity contribution in [2.45, 2.75) is 38.5 Å². The molecule has 2 aliphatic rings. The smallest absolute Gasteiger partial charge is 0.232 e. The molecule has 1 saturated heterocycles. The van der Waals surface area contributed by atoms with E-state index in [0.717, 1.165) is 31.1 Å². The largest absolute Gasteiger partial charge is 0.342 e. The standard InChI is InChI=1S/C13H21N5OS/c19-12(10-20-9-2-11-14-16-17-15-11)18-7-1-3-13(4-5-13)6-8-18/h1-10H2,(H,14,15,16,17). The predicted octanol–water partition coefficient (Wildman–Crippen LogP) is 1.27. The Bertz CT molecular complexity index is 446. The molecule has 1 aliphatic carbocycles. The lowest BCUT2D eigenvalue weighted by Gasteiger charge is -2.20. The molecule has 2 fully saturated rings. The first-order chi connectivity index (χ1) is 9.77. The first kappa shape index (κ1) is 13.9. The number of aryl methyl sites for hydroxylation is 1. The fourth-order valence-corrected chi connectivity index (χ4v) is 3.71. The number of carbonyl (C=O) groups excluding carboxylic acids is 1. The molecule has 7 heteroatoms. The highest BCUT2D eigenvalue weighted by Crippen LogP contribution is 2.53. The van der Waals surface area contributed by atoms with Gasteiger partial charge in [0.1, 0.15) is 0 Å². The van der Waals surface area contributed by atoms with Gasteiger partial charge in [-0.25, -0.2) is 0 Å². The van der Waals surface area contributed by atoms with E-state index in [1.807, 2.05) is 0 Å². The van der Waals surface area contributed by atoms with E-state index in [4.69, 9.17) is 0 Å². The number of nitrogens with one attached hydrogen (secondary N) is 1. The van der Waals surface area contributed by atoms with Crippen LogP contribution in [0, 0.1) is 5.41 Å². The molecule has 20 heavy (non-hydrogen) atoms. The van der Waals surface area contributed by atoms with Crippen LogP contribution in [0.4, 0.5) is 0 Å². The maximum absolute atomic E-state index is 12.2. The molecule has 6 nitrogen and oxygen atoms in total. The normalized spacial score (nSPS) is 20.9. The van der Waals surface area contributed by atoms with E-state index in [1.54, 1.807) is 11.8 Å². The van der Waals surface area contributed by atoms with Crippen LogP contribution in [0.1, 0.15) is 37.9 Å². The maximum Gasteiger partial charge on any atom is 0.232 e. The van der Waals surface area contributed by atoms with E-state index in [0.29, 0.717) is 17.1 Å². The molecule has 1 aromatic heterocycles. The number of aromatic amines is 1. The molecular weight excluding hydrogens is 274 g/mol. The summed E-state index contributed by atoms with van der Waals surface area (Å²) in [6.45, 7) is 1.91. The average Bonchev–Trinajstić information content (AvgIpc) is 3.10. The van der Waals surface area contributed by atoms with Gasteiger partial charge in [0.25, 0.3) is 0 Å². The van der Waals surface area contributed by atoms with Gasteiger partial charge in [-0.05, 0) is 37.5 Å². The number of thioether (sulfide) groups is 1. The van der Waals surface area contributed by atoms with Gasteiger partial charge in [0.05, 0.1) is 5.75 Å². The topological polar surface area (TPSA) is 74.8 Å². The zero-order chi connectivity index (χ0) is 13.8. The summed E-state index contributed by atoms with van der Waals surface area (Å²) >= 11 is 1.66. The zero-order valence-corrected chi connectivity index (χ0v) is 12.5. The van der Waals surface area contributed by atoms with Crippen molar-refractivity contribution in [1.82, 2.24) is 25.5 Å². The first-order valence-electron chi connectivity index (χ1n) is 7.35. The van der Waals surface area contributed by atoms with Crippen LogP contribution >= 0.6 is 11.8 Å². The Morgan fingerprint density at radius 3 is 2.95 bits per heavy atom. The number of hydrogen-bond acceptors (Lipinski definition) is 5. The number of H-pyrrole nitrogens is 1. The Hall–Kier alpha value is -1.11. The third kappa shape index (κ3) is 3.50. The summed E-state index contributed by atoms with van der Waals surface area (Å²) < 4.78 is 0. The molecule has 2 heterocycles. The number of likely N-dealkylation sites (tertiary alicyclic amines) is 1. The molecule has 1 saturated carbocycles. The number of nitrogens with zero attached hydrogens (tertiary/aromatic N) is 4. The van der Waals surface area contributed by atoms with Gasteiger partial charge in [-0.3, -0.25) is 4.79 Å². The first-order valence-corrected chi connectivity index (χ1v) is 8.51. The molecule has 1 aromatic rings. The molecule has 0 radical (unpaired) electrons. The van der Waals surface area contributed by atoms with Crippen molar-refractivity contribution >= 4 is 17.7 Å². The number of amides is 1. The monoisotopic (exact) mass is 295 g/mol. The molecule has 3 rings (SSSR count). The Kier molecular flexibility index (Phi) is 4.24. The Balaban J connectivity index is 1.36. The van der Waals surface area contributed by atoms with Crippen molar-refractivity contribution in [2.24, 2.45) is 5.41 Å². The van der Waals surface area contributed by atoms with Gasteiger partial charge in [0, 0.05) is 25.3 Å². The molecule has 0 atom stereocenters. The molecule has 1 N–H and O–H groups in total. The van der Waals surface area contributed by atoms with E-state index < -0.39 is 0 Å². The summed E-state index contributed by atoms with van der Waals surface area (Å²) in [5.74, 6) is 2.45. The Morgan fingerprint density at radius 2 is 2.20 bits per heavy atom. The molecular formula is C13H21N5OS. The summed E-state index contributed by atoms with van der Waals surface area (Å²) in [4.78, 5) is 14.3. The average molecular weight is 295 g/mol. The second kappa shape index (κ2) is 6.11. The van der Waals surface area contributed by atoms with Gasteiger partial charge in [-0.15, -0.1) is 10.2 Å². The van der Waals surface area contributed by atoms with Gasteiger partial charge in [-0.1, -0.05) is 5.21 Å². The van der Waals surface area contributed by atoms with Crippen LogP contribution in [-0.2, 0) is 11.2 Å². The van der Waals surface area contributed by atoms with Crippen molar-refractivity contribution in [3.05, 3.63) is 5.82 Å². The minimum absolute atomic E-state index is 0.292.